The van der Waals surface area contributed by atoms with Crippen LogP contribution in [0.15, 0.2) is 152 Å². The molecule has 0 spiro atoms. The van der Waals surface area contributed by atoms with Crippen LogP contribution < -0.4 is 4.90 Å². The van der Waals surface area contributed by atoms with E-state index >= 15 is 0 Å². The normalized spacial score (nSPS) is 11.1. The van der Waals surface area contributed by atoms with E-state index in [-0.39, 0.29) is 5.57 Å². The molecule has 0 bridgehead atoms. The number of hydrogen-bond acceptors (Lipinski definition) is 3. The molecule has 0 unspecified atom stereocenters. The molecule has 0 aliphatic rings. The molecular weight excluding hydrogens is 540 g/mol. The summed E-state index contributed by atoms with van der Waals surface area (Å²) >= 11 is 0. The van der Waals surface area contributed by atoms with E-state index in [4.69, 9.17) is 10.4 Å². The summed E-state index contributed by atoms with van der Waals surface area (Å²) < 4.78 is 0. The number of rotatable bonds is 10. The van der Waals surface area contributed by atoms with E-state index < -0.39 is 5.97 Å². The minimum absolute atomic E-state index is 0.304. The smallest absolute Gasteiger partial charge is 0.346 e. The Labute approximate surface area is 258 Å². The molecule has 1 N–H and O–H groups in total. The number of nitriles is 1. The third-order valence-electron chi connectivity index (χ3n) is 7.26. The maximum absolute atomic E-state index is 10.9. The van der Waals surface area contributed by atoms with Crippen LogP contribution in [-0.2, 0) is 4.79 Å². The van der Waals surface area contributed by atoms with Crippen molar-refractivity contribution in [3.63, 3.8) is 0 Å². The molecule has 0 radical (unpaired) electrons. The number of aliphatic carboxylic acids is 1. The van der Waals surface area contributed by atoms with Crippen LogP contribution in [0.2, 0.25) is 0 Å². The first-order valence-corrected chi connectivity index (χ1v) is 14.1. The van der Waals surface area contributed by atoms with Gasteiger partial charge in [0.1, 0.15) is 11.6 Å². The fraction of sp³-hybridized carbons (Fsp3) is 0. The first-order chi connectivity index (χ1) is 21.5. The van der Waals surface area contributed by atoms with Gasteiger partial charge in [0.15, 0.2) is 0 Å². The van der Waals surface area contributed by atoms with Crippen molar-refractivity contribution in [2.45, 2.75) is 0 Å². The van der Waals surface area contributed by atoms with E-state index in [1.54, 1.807) is 18.2 Å². The largest absolute Gasteiger partial charge is 0.477 e. The number of hydrogen-bond donors (Lipinski definition) is 1. The Morgan fingerprint density at radius 2 is 0.932 bits per heavy atom. The molecule has 4 nitrogen and oxygen atoms in total. The summed E-state index contributed by atoms with van der Waals surface area (Å²) in [5.74, 6) is -1.24. The van der Waals surface area contributed by atoms with Crippen molar-refractivity contribution in [3.05, 3.63) is 169 Å². The Balaban J connectivity index is 1.35. The average Bonchev–Trinajstić information content (AvgIpc) is 3.08. The van der Waals surface area contributed by atoms with Gasteiger partial charge in [0.05, 0.1) is 0 Å². The molecule has 5 rings (SSSR count). The van der Waals surface area contributed by atoms with E-state index in [2.05, 4.69) is 115 Å². The third-order valence-corrected chi connectivity index (χ3v) is 7.26. The number of carboxylic acid groups (broad SMARTS) is 1. The quantitative estimate of drug-likeness (QED) is 0.103. The molecule has 212 valence electrons. The Hall–Kier alpha value is -6.18. The van der Waals surface area contributed by atoms with E-state index in [1.165, 1.54) is 6.08 Å². The number of benzene rings is 5. The first kappa shape index (κ1) is 29.3. The van der Waals surface area contributed by atoms with E-state index in [9.17, 15) is 4.79 Å². The highest BCUT2D eigenvalue weighted by atomic mass is 16.4. The van der Waals surface area contributed by atoms with Crippen molar-refractivity contribution < 1.29 is 9.90 Å². The molecule has 5 aromatic carbocycles. The second-order valence-corrected chi connectivity index (χ2v) is 10.0. The zero-order chi connectivity index (χ0) is 30.9. The Kier molecular flexibility index (Phi) is 9.10. The second-order valence-electron chi connectivity index (χ2n) is 10.0. The van der Waals surface area contributed by atoms with Crippen LogP contribution in [0.25, 0.3) is 40.5 Å². The Bertz CT molecular complexity index is 1820. The highest BCUT2D eigenvalue weighted by Gasteiger charge is 2.13. The van der Waals surface area contributed by atoms with E-state index in [1.807, 2.05) is 36.4 Å². The number of nitrogens with zero attached hydrogens (tertiary/aromatic N) is 2. The first-order valence-electron chi connectivity index (χ1n) is 14.1. The summed E-state index contributed by atoms with van der Waals surface area (Å²) in [6, 6.07) is 43.4. The lowest BCUT2D eigenvalue weighted by Crippen LogP contribution is -2.09. The van der Waals surface area contributed by atoms with Gasteiger partial charge in [-0.15, -0.1) is 0 Å². The van der Waals surface area contributed by atoms with E-state index in [0.717, 1.165) is 56.0 Å². The molecular formula is C40H30N2O2. The molecule has 0 saturated carbocycles. The van der Waals surface area contributed by atoms with Crippen molar-refractivity contribution in [2.24, 2.45) is 0 Å². The lowest BCUT2D eigenvalue weighted by molar-refractivity contribution is -0.132. The molecule has 0 aromatic heterocycles. The number of carboxylic acids is 1. The maximum atomic E-state index is 10.9. The van der Waals surface area contributed by atoms with Crippen LogP contribution in [0.4, 0.5) is 17.1 Å². The predicted octanol–water partition coefficient (Wildman–Crippen LogP) is 10.3. The van der Waals surface area contributed by atoms with Crippen molar-refractivity contribution in [2.75, 3.05) is 4.90 Å². The Morgan fingerprint density at radius 3 is 1.30 bits per heavy atom. The summed E-state index contributed by atoms with van der Waals surface area (Å²) in [5.41, 5.74) is 10.3. The van der Waals surface area contributed by atoms with E-state index in [0.29, 0.717) is 0 Å². The van der Waals surface area contributed by atoms with Gasteiger partial charge in [0.2, 0.25) is 0 Å². The molecule has 0 aliphatic heterocycles. The van der Waals surface area contributed by atoms with Gasteiger partial charge in [0, 0.05) is 17.1 Å². The van der Waals surface area contributed by atoms with Gasteiger partial charge in [-0.3, -0.25) is 0 Å². The Morgan fingerprint density at radius 1 is 0.591 bits per heavy atom. The van der Waals surface area contributed by atoms with Crippen LogP contribution in [0.3, 0.4) is 0 Å². The highest BCUT2D eigenvalue weighted by Crippen LogP contribution is 2.36. The van der Waals surface area contributed by atoms with Gasteiger partial charge in [-0.2, -0.15) is 5.26 Å². The zero-order valence-corrected chi connectivity index (χ0v) is 24.1. The molecule has 0 heterocycles. The molecule has 5 aromatic rings. The van der Waals surface area contributed by atoms with Crippen molar-refractivity contribution in [3.8, 4) is 28.3 Å². The number of allylic oxidation sites excluding steroid dienone is 2. The van der Waals surface area contributed by atoms with Crippen molar-refractivity contribution in [1.29, 1.82) is 5.26 Å². The molecule has 0 saturated heterocycles. The summed E-state index contributed by atoms with van der Waals surface area (Å²) in [5, 5.41) is 17.8. The van der Waals surface area contributed by atoms with Gasteiger partial charge in [-0.1, -0.05) is 122 Å². The average molecular weight is 571 g/mol. The van der Waals surface area contributed by atoms with Crippen LogP contribution in [-0.4, -0.2) is 11.1 Å². The summed E-state index contributed by atoms with van der Waals surface area (Å²) in [6.07, 6.45) is 8.32. The van der Waals surface area contributed by atoms with Crippen LogP contribution in [0.5, 0.6) is 0 Å². The van der Waals surface area contributed by atoms with Crippen LogP contribution in [0.1, 0.15) is 16.7 Å². The standard InChI is InChI=1S/C40H30N2O2/c1-3-29-10-22-37(23-11-29)42(38-24-12-30(4-2)13-25-38)39-26-20-35(21-27-39)34-18-16-33(17-19-34)32-14-8-31(9-15-32)6-5-7-36(28-41)40(43)44/h3-27H,1-2H2,(H,43,44)/b6-5+,36-7-. The highest BCUT2D eigenvalue weighted by molar-refractivity contribution is 5.91. The van der Waals surface area contributed by atoms with Gasteiger partial charge in [-0.25, -0.2) is 4.79 Å². The van der Waals surface area contributed by atoms with Crippen molar-refractivity contribution in [1.82, 2.24) is 0 Å². The fourth-order valence-electron chi connectivity index (χ4n) is 4.82. The fourth-order valence-corrected chi connectivity index (χ4v) is 4.82. The maximum Gasteiger partial charge on any atom is 0.346 e. The summed E-state index contributed by atoms with van der Waals surface area (Å²) in [7, 11) is 0. The zero-order valence-electron chi connectivity index (χ0n) is 24.1. The number of carbonyl (C=O) groups is 1. The summed E-state index contributed by atoms with van der Waals surface area (Å²) in [6.45, 7) is 7.75. The van der Waals surface area contributed by atoms with Crippen LogP contribution in [0, 0.1) is 11.3 Å². The molecule has 0 fully saturated rings. The minimum Gasteiger partial charge on any atom is -0.477 e. The topological polar surface area (TPSA) is 64.3 Å². The van der Waals surface area contributed by atoms with Crippen molar-refractivity contribution >= 4 is 41.3 Å². The monoisotopic (exact) mass is 570 g/mol. The molecule has 0 atom stereocenters. The lowest BCUT2D eigenvalue weighted by atomic mass is 9.99. The third kappa shape index (κ3) is 6.82. The molecule has 4 heteroatoms. The molecule has 0 aliphatic carbocycles. The molecule has 44 heavy (non-hydrogen) atoms. The van der Waals surface area contributed by atoms with Gasteiger partial charge < -0.3 is 10.0 Å². The lowest BCUT2D eigenvalue weighted by Gasteiger charge is -2.26. The van der Waals surface area contributed by atoms with Gasteiger partial charge >= 0.3 is 5.97 Å². The SMILES string of the molecule is C=Cc1ccc(N(c2ccc(C=C)cc2)c2ccc(-c3ccc(-c4ccc(/C=C/C=C(/C#N)C(=O)O)cc4)cc3)cc2)cc1. The summed E-state index contributed by atoms with van der Waals surface area (Å²) in [4.78, 5) is 13.2. The second kappa shape index (κ2) is 13.7. The minimum atomic E-state index is -1.24. The van der Waals surface area contributed by atoms with Gasteiger partial charge in [-0.05, 0) is 81.4 Å². The van der Waals surface area contributed by atoms with Crippen LogP contribution >= 0.6 is 0 Å². The molecule has 0 amide bonds. The van der Waals surface area contributed by atoms with Gasteiger partial charge in [0.25, 0.3) is 0 Å². The predicted molar refractivity (Wildman–Crippen MR) is 183 cm³/mol. The number of anilines is 3.